The van der Waals surface area contributed by atoms with E-state index in [4.69, 9.17) is 4.74 Å². The van der Waals surface area contributed by atoms with E-state index in [1.54, 1.807) is 12.1 Å². The quantitative estimate of drug-likeness (QED) is 0.800. The number of hydrogen-bond acceptors (Lipinski definition) is 4. The zero-order valence-corrected chi connectivity index (χ0v) is 16.0. The number of methoxy groups -OCH3 is 1. The van der Waals surface area contributed by atoms with E-state index in [2.05, 4.69) is 22.5 Å². The molecule has 1 saturated carbocycles. The molecular weight excluding hydrogens is 345 g/mol. The van der Waals surface area contributed by atoms with Crippen molar-refractivity contribution in [1.29, 1.82) is 0 Å². The Bertz CT molecular complexity index is 795. The van der Waals surface area contributed by atoms with Crippen LogP contribution in [0.1, 0.15) is 56.2 Å². The Morgan fingerprint density at radius 1 is 1.30 bits per heavy atom. The highest BCUT2D eigenvalue weighted by molar-refractivity contribution is 5.87. The largest absolute Gasteiger partial charge is 0.494 e. The minimum Gasteiger partial charge on any atom is -0.494 e. The van der Waals surface area contributed by atoms with Crippen LogP contribution in [0.3, 0.4) is 0 Å². The number of rotatable bonds is 6. The summed E-state index contributed by atoms with van der Waals surface area (Å²) < 4.78 is 18.7. The average molecular weight is 371 g/mol. The van der Waals surface area contributed by atoms with Crippen molar-refractivity contribution in [3.63, 3.8) is 0 Å². The summed E-state index contributed by atoms with van der Waals surface area (Å²) in [6.45, 7) is 3.56. The predicted octanol–water partition coefficient (Wildman–Crippen LogP) is 4.17. The number of ether oxygens (including phenoxy) is 1. The normalized spacial score (nSPS) is 20.3. The molecule has 1 aromatic heterocycles. The van der Waals surface area contributed by atoms with Crippen molar-refractivity contribution in [2.75, 3.05) is 12.4 Å². The molecule has 1 amide bonds. The molecule has 0 radical (unpaired) electrons. The molecule has 1 aliphatic carbocycles. The fraction of sp³-hybridized carbons (Fsp3) is 0.429. The van der Waals surface area contributed by atoms with Crippen LogP contribution in [0.25, 0.3) is 0 Å². The van der Waals surface area contributed by atoms with E-state index >= 15 is 0 Å². The molecule has 0 saturated heterocycles. The number of nitrogens with one attached hydrogen (secondary N) is 2. The number of nitrogens with zero attached hydrogens (tertiary/aromatic N) is 1. The van der Waals surface area contributed by atoms with Crippen molar-refractivity contribution in [3.8, 4) is 5.75 Å². The number of carbonyl (C=O) groups excluding carboxylic acids is 1. The lowest BCUT2D eigenvalue weighted by molar-refractivity contribution is -0.114. The van der Waals surface area contributed by atoms with E-state index in [1.807, 2.05) is 18.3 Å². The van der Waals surface area contributed by atoms with Crippen LogP contribution in [0.4, 0.5) is 10.2 Å². The fourth-order valence-corrected chi connectivity index (χ4v) is 3.73. The Labute approximate surface area is 159 Å². The maximum atomic E-state index is 13.6. The maximum Gasteiger partial charge on any atom is 0.222 e. The number of anilines is 1. The predicted molar refractivity (Wildman–Crippen MR) is 103 cm³/mol. The molecule has 144 valence electrons. The molecule has 27 heavy (non-hydrogen) atoms. The van der Waals surface area contributed by atoms with E-state index in [-0.39, 0.29) is 23.5 Å². The van der Waals surface area contributed by atoms with E-state index in [0.29, 0.717) is 17.8 Å². The SMILES string of the molecule is COc1cc([C@@H](C)NC2CCC(c3ccc(NC(C)=O)nc3)C2)ccc1F. The van der Waals surface area contributed by atoms with Crippen LogP contribution < -0.4 is 15.4 Å². The van der Waals surface area contributed by atoms with Gasteiger partial charge in [0, 0.05) is 25.2 Å². The second kappa shape index (κ2) is 8.48. The third-order valence-electron chi connectivity index (χ3n) is 5.16. The summed E-state index contributed by atoms with van der Waals surface area (Å²) in [5.74, 6) is 0.848. The molecule has 5 nitrogen and oxygen atoms in total. The first-order valence-electron chi connectivity index (χ1n) is 9.29. The Morgan fingerprint density at radius 2 is 2.11 bits per heavy atom. The third kappa shape index (κ3) is 4.83. The monoisotopic (exact) mass is 371 g/mol. The van der Waals surface area contributed by atoms with Gasteiger partial charge in [-0.2, -0.15) is 0 Å². The molecule has 3 atom stereocenters. The van der Waals surface area contributed by atoms with Crippen LogP contribution in [0, 0.1) is 5.82 Å². The van der Waals surface area contributed by atoms with Gasteiger partial charge in [-0.25, -0.2) is 9.37 Å². The summed E-state index contributed by atoms with van der Waals surface area (Å²) in [6, 6.07) is 9.41. The smallest absolute Gasteiger partial charge is 0.222 e. The molecule has 2 N–H and O–H groups in total. The van der Waals surface area contributed by atoms with Gasteiger partial charge in [0.05, 0.1) is 7.11 Å². The highest BCUT2D eigenvalue weighted by Crippen LogP contribution is 2.35. The van der Waals surface area contributed by atoms with Gasteiger partial charge in [-0.1, -0.05) is 12.1 Å². The molecule has 0 spiro atoms. The molecular formula is C21H26FN3O2. The maximum absolute atomic E-state index is 13.6. The lowest BCUT2D eigenvalue weighted by Gasteiger charge is -2.21. The highest BCUT2D eigenvalue weighted by atomic mass is 19.1. The summed E-state index contributed by atoms with van der Waals surface area (Å²) in [5.41, 5.74) is 2.21. The molecule has 0 bridgehead atoms. The molecule has 1 heterocycles. The molecule has 1 fully saturated rings. The van der Waals surface area contributed by atoms with Crippen LogP contribution in [0.5, 0.6) is 5.75 Å². The zero-order chi connectivity index (χ0) is 19.4. The number of benzene rings is 1. The van der Waals surface area contributed by atoms with Crippen LogP contribution in [-0.4, -0.2) is 24.0 Å². The fourth-order valence-electron chi connectivity index (χ4n) is 3.73. The van der Waals surface area contributed by atoms with Crippen molar-refractivity contribution in [2.24, 2.45) is 0 Å². The second-order valence-corrected chi connectivity index (χ2v) is 7.15. The van der Waals surface area contributed by atoms with Gasteiger partial charge in [0.25, 0.3) is 0 Å². The first-order valence-corrected chi connectivity index (χ1v) is 9.29. The number of amides is 1. The Kier molecular flexibility index (Phi) is 6.06. The van der Waals surface area contributed by atoms with Crippen molar-refractivity contribution in [3.05, 3.63) is 53.5 Å². The lowest BCUT2D eigenvalue weighted by Crippen LogP contribution is -2.29. The Balaban J connectivity index is 1.58. The van der Waals surface area contributed by atoms with Crippen LogP contribution in [-0.2, 0) is 4.79 Å². The zero-order valence-electron chi connectivity index (χ0n) is 16.0. The summed E-state index contributed by atoms with van der Waals surface area (Å²) >= 11 is 0. The highest BCUT2D eigenvalue weighted by Gasteiger charge is 2.27. The Hall–Kier alpha value is -2.47. The second-order valence-electron chi connectivity index (χ2n) is 7.15. The van der Waals surface area contributed by atoms with E-state index < -0.39 is 0 Å². The lowest BCUT2D eigenvalue weighted by atomic mass is 9.99. The van der Waals surface area contributed by atoms with Gasteiger partial charge in [0.1, 0.15) is 5.82 Å². The van der Waals surface area contributed by atoms with Gasteiger partial charge in [-0.3, -0.25) is 4.79 Å². The topological polar surface area (TPSA) is 63.2 Å². The van der Waals surface area contributed by atoms with Gasteiger partial charge < -0.3 is 15.4 Å². The third-order valence-corrected chi connectivity index (χ3v) is 5.16. The standard InChI is InChI=1S/C21H26FN3O2/c1-13(15-5-8-19(22)20(11-15)27-3)24-18-7-4-16(10-18)17-6-9-21(23-12-17)25-14(2)26/h5-6,8-9,11-13,16,18,24H,4,7,10H2,1-3H3,(H,23,25,26)/t13-,16?,18?/m1/s1. The van der Waals surface area contributed by atoms with Crippen LogP contribution >= 0.6 is 0 Å². The summed E-state index contributed by atoms with van der Waals surface area (Å²) in [4.78, 5) is 15.4. The van der Waals surface area contributed by atoms with Gasteiger partial charge in [-0.05, 0) is 61.4 Å². The summed E-state index contributed by atoms with van der Waals surface area (Å²) in [7, 11) is 1.48. The average Bonchev–Trinajstić information content (AvgIpc) is 3.10. The van der Waals surface area contributed by atoms with Crippen LogP contribution in [0.2, 0.25) is 0 Å². The first kappa shape index (κ1) is 19.3. The van der Waals surface area contributed by atoms with Gasteiger partial charge >= 0.3 is 0 Å². The molecule has 2 aromatic rings. The van der Waals surface area contributed by atoms with E-state index in [1.165, 1.54) is 25.7 Å². The molecule has 2 unspecified atom stereocenters. The molecule has 6 heteroatoms. The van der Waals surface area contributed by atoms with Crippen molar-refractivity contribution >= 4 is 11.7 Å². The van der Waals surface area contributed by atoms with Crippen molar-refractivity contribution in [2.45, 2.75) is 51.1 Å². The number of halogens is 1. The van der Waals surface area contributed by atoms with Gasteiger partial charge in [0.15, 0.2) is 11.6 Å². The van der Waals surface area contributed by atoms with Gasteiger partial charge in [-0.15, -0.1) is 0 Å². The summed E-state index contributed by atoms with van der Waals surface area (Å²) in [5, 5.41) is 6.34. The summed E-state index contributed by atoms with van der Waals surface area (Å²) in [6.07, 6.45) is 5.06. The van der Waals surface area contributed by atoms with E-state index in [9.17, 15) is 9.18 Å². The van der Waals surface area contributed by atoms with E-state index in [0.717, 1.165) is 24.8 Å². The number of carbonyl (C=O) groups is 1. The minimum absolute atomic E-state index is 0.114. The van der Waals surface area contributed by atoms with Crippen molar-refractivity contribution < 1.29 is 13.9 Å². The van der Waals surface area contributed by atoms with Crippen molar-refractivity contribution in [1.82, 2.24) is 10.3 Å². The first-order chi connectivity index (χ1) is 13.0. The minimum atomic E-state index is -0.343. The number of pyridine rings is 1. The molecule has 3 rings (SSSR count). The van der Waals surface area contributed by atoms with Crippen LogP contribution in [0.15, 0.2) is 36.5 Å². The molecule has 0 aliphatic heterocycles. The van der Waals surface area contributed by atoms with Gasteiger partial charge in [0.2, 0.25) is 5.91 Å². The number of hydrogen-bond donors (Lipinski definition) is 2. The molecule has 1 aliphatic rings. The Morgan fingerprint density at radius 3 is 2.78 bits per heavy atom. The molecule has 1 aromatic carbocycles. The number of aromatic nitrogens is 1.